The van der Waals surface area contributed by atoms with Gasteiger partial charge in [0.15, 0.2) is 0 Å². The first-order chi connectivity index (χ1) is 11.1. The van der Waals surface area contributed by atoms with Crippen molar-refractivity contribution >= 4 is 31.4 Å². The normalized spacial score (nSPS) is 12.2. The topological polar surface area (TPSA) is 86.8 Å². The van der Waals surface area contributed by atoms with Gasteiger partial charge in [0.05, 0.1) is 17.7 Å². The van der Waals surface area contributed by atoms with E-state index in [0.717, 1.165) is 18.4 Å². The monoisotopic (exact) mass is 377 g/mol. The first-order valence-electron chi connectivity index (χ1n) is 7.79. The fraction of sp³-hybridized carbons (Fsp3) is 0.600. The SMILES string of the molecule is CCCCS(=O)(=O)NCCN(c1ccc(N(C)C)cc1)S(C)(=O)=O. The van der Waals surface area contributed by atoms with E-state index in [2.05, 4.69) is 4.72 Å². The lowest BCUT2D eigenvalue weighted by molar-refractivity contribution is 0.575. The van der Waals surface area contributed by atoms with E-state index in [4.69, 9.17) is 0 Å². The number of benzene rings is 1. The van der Waals surface area contributed by atoms with Crippen LogP contribution in [0.1, 0.15) is 19.8 Å². The van der Waals surface area contributed by atoms with E-state index in [9.17, 15) is 16.8 Å². The van der Waals surface area contributed by atoms with Crippen LogP contribution in [0.25, 0.3) is 0 Å². The number of hydrogen-bond acceptors (Lipinski definition) is 5. The summed E-state index contributed by atoms with van der Waals surface area (Å²) in [6.07, 6.45) is 2.48. The van der Waals surface area contributed by atoms with Crippen molar-refractivity contribution in [1.29, 1.82) is 0 Å². The molecule has 0 radical (unpaired) electrons. The lowest BCUT2D eigenvalue weighted by Gasteiger charge is -2.23. The van der Waals surface area contributed by atoms with E-state index in [-0.39, 0.29) is 18.8 Å². The molecule has 0 fully saturated rings. The Morgan fingerprint density at radius 2 is 1.54 bits per heavy atom. The fourth-order valence-electron chi connectivity index (χ4n) is 2.11. The van der Waals surface area contributed by atoms with Gasteiger partial charge in [-0.2, -0.15) is 0 Å². The van der Waals surface area contributed by atoms with Gasteiger partial charge in [0.1, 0.15) is 0 Å². The van der Waals surface area contributed by atoms with Gasteiger partial charge in [-0.05, 0) is 30.7 Å². The minimum atomic E-state index is -3.50. The summed E-state index contributed by atoms with van der Waals surface area (Å²) in [5.74, 6) is 0.0555. The maximum Gasteiger partial charge on any atom is 0.232 e. The summed E-state index contributed by atoms with van der Waals surface area (Å²) in [6.45, 7) is 2.00. The molecule has 0 aliphatic heterocycles. The van der Waals surface area contributed by atoms with Crippen LogP contribution in [0.4, 0.5) is 11.4 Å². The quantitative estimate of drug-likeness (QED) is 0.663. The Morgan fingerprint density at radius 1 is 1.00 bits per heavy atom. The van der Waals surface area contributed by atoms with E-state index in [1.54, 1.807) is 12.1 Å². The van der Waals surface area contributed by atoms with Crippen molar-refractivity contribution in [2.24, 2.45) is 0 Å². The molecule has 1 aromatic carbocycles. The zero-order valence-corrected chi connectivity index (χ0v) is 16.3. The predicted molar refractivity (Wildman–Crippen MR) is 99.7 cm³/mol. The molecule has 1 rings (SSSR count). The molecule has 0 aliphatic carbocycles. The van der Waals surface area contributed by atoms with E-state index in [1.807, 2.05) is 38.1 Å². The second-order valence-electron chi connectivity index (χ2n) is 5.81. The van der Waals surface area contributed by atoms with Crippen molar-refractivity contribution in [3.8, 4) is 0 Å². The average Bonchev–Trinajstić information content (AvgIpc) is 2.48. The van der Waals surface area contributed by atoms with Gasteiger partial charge in [0, 0.05) is 32.9 Å². The van der Waals surface area contributed by atoms with E-state index < -0.39 is 20.0 Å². The second kappa shape index (κ2) is 8.68. The molecule has 9 heteroatoms. The van der Waals surface area contributed by atoms with Crippen LogP contribution < -0.4 is 13.9 Å². The minimum absolute atomic E-state index is 0.0363. The third-order valence-electron chi connectivity index (χ3n) is 3.46. The van der Waals surface area contributed by atoms with Crippen molar-refractivity contribution in [3.63, 3.8) is 0 Å². The van der Waals surface area contributed by atoms with Crippen LogP contribution in [-0.2, 0) is 20.0 Å². The summed E-state index contributed by atoms with van der Waals surface area (Å²) in [7, 11) is -3.07. The summed E-state index contributed by atoms with van der Waals surface area (Å²) in [5.41, 5.74) is 1.46. The van der Waals surface area contributed by atoms with Gasteiger partial charge in [0.2, 0.25) is 20.0 Å². The van der Waals surface area contributed by atoms with Gasteiger partial charge in [-0.15, -0.1) is 0 Å². The molecular formula is C15H27N3O4S2. The fourth-order valence-corrected chi connectivity index (χ4v) is 4.26. The van der Waals surface area contributed by atoms with Crippen LogP contribution in [0, 0.1) is 0 Å². The molecule has 24 heavy (non-hydrogen) atoms. The molecule has 0 saturated carbocycles. The van der Waals surface area contributed by atoms with E-state index in [0.29, 0.717) is 12.1 Å². The molecule has 0 atom stereocenters. The van der Waals surface area contributed by atoms with Gasteiger partial charge in [0.25, 0.3) is 0 Å². The highest BCUT2D eigenvalue weighted by Gasteiger charge is 2.18. The van der Waals surface area contributed by atoms with Crippen molar-refractivity contribution in [2.75, 3.05) is 48.4 Å². The van der Waals surface area contributed by atoms with Crippen LogP contribution >= 0.6 is 0 Å². The molecule has 0 saturated heterocycles. The molecule has 0 heterocycles. The van der Waals surface area contributed by atoms with Crippen LogP contribution in [0.3, 0.4) is 0 Å². The first-order valence-corrected chi connectivity index (χ1v) is 11.3. The molecule has 1 aromatic rings. The van der Waals surface area contributed by atoms with Crippen molar-refractivity contribution in [3.05, 3.63) is 24.3 Å². The summed E-state index contributed by atoms with van der Waals surface area (Å²) in [5, 5.41) is 0. The Hall–Kier alpha value is -1.32. The van der Waals surface area contributed by atoms with Gasteiger partial charge in [-0.3, -0.25) is 4.31 Å². The maximum absolute atomic E-state index is 12.0. The molecule has 0 aromatic heterocycles. The Morgan fingerprint density at radius 3 is 2.00 bits per heavy atom. The van der Waals surface area contributed by atoms with Crippen molar-refractivity contribution < 1.29 is 16.8 Å². The Balaban J connectivity index is 2.81. The van der Waals surface area contributed by atoms with Crippen LogP contribution in [0.5, 0.6) is 0 Å². The zero-order chi connectivity index (χ0) is 18.4. The molecule has 138 valence electrons. The molecule has 0 unspecified atom stereocenters. The minimum Gasteiger partial charge on any atom is -0.378 e. The number of anilines is 2. The van der Waals surface area contributed by atoms with Gasteiger partial charge >= 0.3 is 0 Å². The van der Waals surface area contributed by atoms with Crippen LogP contribution in [0.15, 0.2) is 24.3 Å². The Bertz CT molecular complexity index is 714. The van der Waals surface area contributed by atoms with Crippen molar-refractivity contribution in [2.45, 2.75) is 19.8 Å². The van der Waals surface area contributed by atoms with Crippen molar-refractivity contribution in [1.82, 2.24) is 4.72 Å². The molecule has 0 bridgehead atoms. The molecule has 0 spiro atoms. The number of sulfonamides is 2. The third-order valence-corrected chi connectivity index (χ3v) is 6.12. The first kappa shape index (κ1) is 20.7. The Labute approximate surface area is 145 Å². The van der Waals surface area contributed by atoms with E-state index in [1.165, 1.54) is 4.31 Å². The Kier molecular flexibility index (Phi) is 7.50. The zero-order valence-electron chi connectivity index (χ0n) is 14.7. The molecule has 0 amide bonds. The third kappa shape index (κ3) is 6.66. The smallest absolute Gasteiger partial charge is 0.232 e. The highest BCUT2D eigenvalue weighted by molar-refractivity contribution is 7.92. The lowest BCUT2D eigenvalue weighted by atomic mass is 10.2. The summed E-state index contributed by atoms with van der Waals surface area (Å²) >= 11 is 0. The molecular weight excluding hydrogens is 350 g/mol. The predicted octanol–water partition coefficient (Wildman–Crippen LogP) is 1.24. The number of rotatable bonds is 10. The summed E-state index contributed by atoms with van der Waals surface area (Å²) in [6, 6.07) is 7.06. The highest BCUT2D eigenvalue weighted by atomic mass is 32.2. The number of hydrogen-bond donors (Lipinski definition) is 1. The average molecular weight is 378 g/mol. The van der Waals surface area contributed by atoms with Crippen LogP contribution in [-0.4, -0.2) is 56.0 Å². The van der Waals surface area contributed by atoms with Crippen LogP contribution in [0.2, 0.25) is 0 Å². The van der Waals surface area contributed by atoms with E-state index >= 15 is 0 Å². The molecule has 1 N–H and O–H groups in total. The molecule has 7 nitrogen and oxygen atoms in total. The number of unbranched alkanes of at least 4 members (excludes halogenated alkanes) is 1. The highest BCUT2D eigenvalue weighted by Crippen LogP contribution is 2.21. The standard InChI is InChI=1S/C15H27N3O4S2/c1-5-6-13-24(21,22)16-11-12-18(23(4,19)20)15-9-7-14(8-10-15)17(2)3/h7-10,16H,5-6,11-13H2,1-4H3. The van der Waals surface area contributed by atoms with Gasteiger partial charge < -0.3 is 4.90 Å². The van der Waals surface area contributed by atoms with Gasteiger partial charge in [-0.25, -0.2) is 21.6 Å². The maximum atomic E-state index is 12.0. The van der Waals surface area contributed by atoms with Gasteiger partial charge in [-0.1, -0.05) is 13.3 Å². The number of nitrogens with zero attached hydrogens (tertiary/aromatic N) is 2. The number of nitrogens with one attached hydrogen (secondary N) is 1. The summed E-state index contributed by atoms with van der Waals surface area (Å²) < 4.78 is 51.3. The largest absolute Gasteiger partial charge is 0.378 e. The summed E-state index contributed by atoms with van der Waals surface area (Å²) in [4.78, 5) is 1.91. The second-order valence-corrected chi connectivity index (χ2v) is 9.65. The lowest BCUT2D eigenvalue weighted by Crippen LogP contribution is -2.38. The molecule has 0 aliphatic rings.